The summed E-state index contributed by atoms with van der Waals surface area (Å²) in [5, 5.41) is 13.1. The lowest BCUT2D eigenvalue weighted by molar-refractivity contribution is -0.274. The molecule has 0 spiro atoms. The smallest absolute Gasteiger partial charge is 0.406 e. The summed E-state index contributed by atoms with van der Waals surface area (Å²) in [6.07, 6.45) is -2.95. The van der Waals surface area contributed by atoms with Crippen LogP contribution in [0.4, 0.5) is 13.2 Å². The van der Waals surface area contributed by atoms with Gasteiger partial charge in [0.25, 0.3) is 5.91 Å². The fraction of sp³-hybridized carbons (Fsp3) is 0.250. The average Bonchev–Trinajstić information content (AvgIpc) is 3.04. The lowest BCUT2D eigenvalue weighted by Gasteiger charge is -2.25. The largest absolute Gasteiger partial charge is 0.573 e. The van der Waals surface area contributed by atoms with E-state index in [1.54, 1.807) is 6.92 Å². The Morgan fingerprint density at radius 1 is 1.23 bits per heavy atom. The predicted octanol–water partition coefficient (Wildman–Crippen LogP) is 4.37. The summed E-state index contributed by atoms with van der Waals surface area (Å²) in [6.45, 7) is 1.71. The van der Waals surface area contributed by atoms with Crippen molar-refractivity contribution in [2.24, 2.45) is 0 Å². The third kappa shape index (κ3) is 4.86. The monoisotopic (exact) mass is 434 g/mol. The van der Waals surface area contributed by atoms with Crippen LogP contribution in [0, 0.1) is 11.3 Å². The van der Waals surface area contributed by atoms with Crippen molar-refractivity contribution < 1.29 is 22.7 Å². The molecule has 0 radical (unpaired) electrons. The zero-order chi connectivity index (χ0) is 21.9. The molecule has 1 N–H and O–H groups in total. The van der Waals surface area contributed by atoms with Gasteiger partial charge in [-0.2, -0.15) is 5.26 Å². The van der Waals surface area contributed by atoms with E-state index in [1.807, 2.05) is 35.1 Å². The van der Waals surface area contributed by atoms with Crippen molar-refractivity contribution in [3.8, 4) is 11.8 Å². The van der Waals surface area contributed by atoms with Crippen LogP contribution in [-0.2, 0) is 6.54 Å². The number of hydrogen-bond acceptors (Lipinski definition) is 5. The number of fused-ring (bicyclic) bond motifs is 1. The maximum Gasteiger partial charge on any atom is 0.573 e. The first-order chi connectivity index (χ1) is 14.1. The maximum absolute atomic E-state index is 12.6. The van der Waals surface area contributed by atoms with Crippen LogP contribution < -0.4 is 10.1 Å². The Hall–Kier alpha value is -3.19. The number of halogens is 3. The molecule has 0 saturated heterocycles. The van der Waals surface area contributed by atoms with E-state index in [-0.39, 0.29) is 12.1 Å². The van der Waals surface area contributed by atoms with E-state index >= 15 is 0 Å². The first kappa shape index (κ1) is 21.5. The number of imidazole rings is 1. The van der Waals surface area contributed by atoms with Crippen LogP contribution in [0.5, 0.6) is 5.75 Å². The van der Waals surface area contributed by atoms with Crippen molar-refractivity contribution in [2.75, 3.05) is 6.26 Å². The number of alkyl halides is 3. The highest BCUT2D eigenvalue weighted by Crippen LogP contribution is 2.25. The minimum atomic E-state index is -4.81. The van der Waals surface area contributed by atoms with Gasteiger partial charge in [0.1, 0.15) is 11.3 Å². The van der Waals surface area contributed by atoms with Crippen LogP contribution >= 0.6 is 11.8 Å². The molecule has 0 fully saturated rings. The molecule has 2 aromatic carbocycles. The standard InChI is InChI=1S/C20H17F3N4O2S/c1-19(11-24,12-27-16-6-4-3-5-15(16)25-18(27)30-2)26-17(28)13-7-9-14(10-8-13)29-20(21,22)23/h3-10H,12H2,1-2H3,(H,26,28). The molecule has 156 valence electrons. The highest BCUT2D eigenvalue weighted by atomic mass is 32.2. The molecular formula is C20H17F3N4O2S. The topological polar surface area (TPSA) is 79.9 Å². The van der Waals surface area contributed by atoms with Crippen LogP contribution in [0.3, 0.4) is 0 Å². The summed E-state index contributed by atoms with van der Waals surface area (Å²) < 4.78 is 42.5. The molecule has 6 nitrogen and oxygen atoms in total. The Morgan fingerprint density at radius 3 is 2.50 bits per heavy atom. The van der Waals surface area contributed by atoms with Crippen molar-refractivity contribution in [1.82, 2.24) is 14.9 Å². The number of ether oxygens (including phenoxy) is 1. The van der Waals surface area contributed by atoms with E-state index in [1.165, 1.54) is 23.9 Å². The number of nitrogens with one attached hydrogen (secondary N) is 1. The van der Waals surface area contributed by atoms with Crippen LogP contribution in [0.25, 0.3) is 11.0 Å². The Morgan fingerprint density at radius 2 is 1.90 bits per heavy atom. The molecule has 0 aliphatic heterocycles. The number of nitrogens with zero attached hydrogens (tertiary/aromatic N) is 3. The molecule has 3 rings (SSSR count). The third-order valence-electron chi connectivity index (χ3n) is 4.26. The van der Waals surface area contributed by atoms with E-state index in [9.17, 15) is 23.2 Å². The number of thioether (sulfide) groups is 1. The Balaban J connectivity index is 1.81. The van der Waals surface area contributed by atoms with Crippen LogP contribution in [0.1, 0.15) is 17.3 Å². The minimum Gasteiger partial charge on any atom is -0.406 e. The molecule has 0 bridgehead atoms. The summed E-state index contributed by atoms with van der Waals surface area (Å²) in [5.41, 5.74) is 0.415. The predicted molar refractivity (Wildman–Crippen MR) is 106 cm³/mol. The van der Waals surface area contributed by atoms with Gasteiger partial charge >= 0.3 is 6.36 Å². The third-order valence-corrected chi connectivity index (χ3v) is 4.94. The molecule has 10 heteroatoms. The quantitative estimate of drug-likeness (QED) is 0.583. The number of amides is 1. The molecule has 0 saturated carbocycles. The van der Waals surface area contributed by atoms with Gasteiger partial charge in [-0.3, -0.25) is 4.79 Å². The second-order valence-corrected chi connectivity index (χ2v) is 7.42. The fourth-order valence-corrected chi connectivity index (χ4v) is 3.48. The highest BCUT2D eigenvalue weighted by Gasteiger charge is 2.32. The molecule has 30 heavy (non-hydrogen) atoms. The number of carbonyl (C=O) groups excluding carboxylic acids is 1. The molecule has 0 aliphatic rings. The number of nitriles is 1. The van der Waals surface area contributed by atoms with Gasteiger partial charge in [-0.25, -0.2) is 4.98 Å². The first-order valence-corrected chi connectivity index (χ1v) is 9.95. The lowest BCUT2D eigenvalue weighted by Crippen LogP contribution is -2.48. The van der Waals surface area contributed by atoms with E-state index in [0.717, 1.165) is 23.2 Å². The number of para-hydroxylation sites is 2. The van der Waals surface area contributed by atoms with Crippen molar-refractivity contribution in [3.05, 3.63) is 54.1 Å². The zero-order valence-electron chi connectivity index (χ0n) is 16.0. The van der Waals surface area contributed by atoms with Gasteiger partial charge in [-0.05, 0) is 49.6 Å². The van der Waals surface area contributed by atoms with Gasteiger partial charge in [-0.15, -0.1) is 13.2 Å². The van der Waals surface area contributed by atoms with Crippen molar-refractivity contribution in [3.63, 3.8) is 0 Å². The number of rotatable bonds is 6. The van der Waals surface area contributed by atoms with Gasteiger partial charge in [0.2, 0.25) is 0 Å². The molecule has 1 unspecified atom stereocenters. The average molecular weight is 434 g/mol. The fourth-order valence-electron chi connectivity index (χ4n) is 2.91. The van der Waals surface area contributed by atoms with Crippen LogP contribution in [-0.4, -0.2) is 33.6 Å². The van der Waals surface area contributed by atoms with Crippen LogP contribution in [0.15, 0.2) is 53.7 Å². The van der Waals surface area contributed by atoms with Crippen molar-refractivity contribution in [2.45, 2.75) is 30.5 Å². The molecule has 0 aliphatic carbocycles. The SMILES string of the molecule is CSc1nc2ccccc2n1CC(C)(C#N)NC(=O)c1ccc(OC(F)(F)F)cc1. The summed E-state index contributed by atoms with van der Waals surface area (Å²) in [6, 6.07) is 14.1. The molecule has 3 aromatic rings. The zero-order valence-corrected chi connectivity index (χ0v) is 16.8. The summed E-state index contributed by atoms with van der Waals surface area (Å²) in [4.78, 5) is 17.1. The number of hydrogen-bond donors (Lipinski definition) is 1. The second kappa shape index (κ2) is 8.28. The maximum atomic E-state index is 12.6. The molecule has 1 heterocycles. The minimum absolute atomic E-state index is 0.103. The summed E-state index contributed by atoms with van der Waals surface area (Å²) >= 11 is 1.42. The molecule has 1 amide bonds. The normalized spacial score (nSPS) is 13.5. The number of benzene rings is 2. The number of carbonyl (C=O) groups is 1. The van der Waals surface area contributed by atoms with E-state index in [4.69, 9.17) is 0 Å². The summed E-state index contributed by atoms with van der Waals surface area (Å²) in [7, 11) is 0. The molecule has 1 atom stereocenters. The van der Waals surface area contributed by atoms with E-state index < -0.39 is 23.6 Å². The Bertz CT molecular complexity index is 1110. The summed E-state index contributed by atoms with van der Waals surface area (Å²) in [5.74, 6) is -1.02. The van der Waals surface area contributed by atoms with E-state index in [2.05, 4.69) is 21.1 Å². The Kier molecular flexibility index (Phi) is 5.94. The van der Waals surface area contributed by atoms with E-state index in [0.29, 0.717) is 5.16 Å². The lowest BCUT2D eigenvalue weighted by atomic mass is 10.0. The van der Waals surface area contributed by atoms with Gasteiger partial charge in [0, 0.05) is 5.56 Å². The Labute approximate surface area is 174 Å². The van der Waals surface area contributed by atoms with Crippen molar-refractivity contribution in [1.29, 1.82) is 5.26 Å². The van der Waals surface area contributed by atoms with Gasteiger partial charge in [-0.1, -0.05) is 23.9 Å². The molecular weight excluding hydrogens is 417 g/mol. The molecule has 1 aromatic heterocycles. The van der Waals surface area contributed by atoms with Crippen LogP contribution in [0.2, 0.25) is 0 Å². The first-order valence-electron chi connectivity index (χ1n) is 8.73. The second-order valence-electron chi connectivity index (χ2n) is 6.64. The van der Waals surface area contributed by atoms with Gasteiger partial charge in [0.15, 0.2) is 5.16 Å². The highest BCUT2D eigenvalue weighted by molar-refractivity contribution is 7.98. The van der Waals surface area contributed by atoms with Gasteiger partial charge in [0.05, 0.1) is 23.6 Å². The van der Waals surface area contributed by atoms with Gasteiger partial charge < -0.3 is 14.6 Å². The number of aromatic nitrogens is 2. The van der Waals surface area contributed by atoms with Crippen molar-refractivity contribution >= 4 is 28.7 Å².